The maximum Gasteiger partial charge on any atom is 0.297 e. The number of hydrogen-bond acceptors (Lipinski definition) is 6. The molecule has 0 unspecified atom stereocenters. The van der Waals surface area contributed by atoms with Gasteiger partial charge in [-0.15, -0.1) is 11.6 Å². The van der Waals surface area contributed by atoms with Crippen LogP contribution < -0.4 is 15.6 Å². The minimum atomic E-state index is -1.45. The standard InChI is InChI=1S/C27H29FN6O4.C3H7Cl.C2H6/c1-5-38-26-31-20-12-29-23-18(22(20)32(26)4)10-19(24(36)30-11-17-8-6-16(2)7-9-17)25(37)34(23)13-21(35)33-14-27(3,28)15-33;1-3(2)4;1-2/h6-10,12H,5,11,13-15H2,1-4H3,(H,30,36);3H,1-2H3;1-2H3. The van der Waals surface area contributed by atoms with Crippen LogP contribution in [0.15, 0.2) is 41.3 Å². The van der Waals surface area contributed by atoms with Crippen molar-refractivity contribution < 1.29 is 18.7 Å². The average molecular weight is 629 g/mol. The summed E-state index contributed by atoms with van der Waals surface area (Å²) >= 11 is 5.27. The minimum Gasteiger partial charge on any atom is -0.465 e. The quantitative estimate of drug-likeness (QED) is 0.283. The van der Waals surface area contributed by atoms with Gasteiger partial charge in [0, 0.05) is 24.4 Å². The van der Waals surface area contributed by atoms with E-state index in [1.165, 1.54) is 28.7 Å². The molecule has 1 aliphatic heterocycles. The van der Waals surface area contributed by atoms with Crippen molar-refractivity contribution in [3.63, 3.8) is 0 Å². The number of imidazole rings is 1. The molecule has 1 saturated heterocycles. The van der Waals surface area contributed by atoms with Crippen molar-refractivity contribution in [3.05, 3.63) is 63.6 Å². The summed E-state index contributed by atoms with van der Waals surface area (Å²) in [5.74, 6) is -1.01. The Balaban J connectivity index is 0.000000816. The Morgan fingerprint density at radius 2 is 1.80 bits per heavy atom. The largest absolute Gasteiger partial charge is 0.465 e. The number of hydrogen-bond donors (Lipinski definition) is 1. The van der Waals surface area contributed by atoms with Crippen LogP contribution in [0.25, 0.3) is 22.1 Å². The van der Waals surface area contributed by atoms with Gasteiger partial charge in [0.2, 0.25) is 5.91 Å². The number of nitrogens with zero attached hydrogens (tertiary/aromatic N) is 5. The topological polar surface area (TPSA) is 111 Å². The number of amides is 2. The van der Waals surface area contributed by atoms with Crippen molar-refractivity contribution >= 4 is 45.5 Å². The third kappa shape index (κ3) is 7.93. The molecule has 12 heteroatoms. The molecule has 44 heavy (non-hydrogen) atoms. The second kappa shape index (κ2) is 14.7. The molecule has 0 atom stereocenters. The molecule has 4 heterocycles. The van der Waals surface area contributed by atoms with Crippen molar-refractivity contribution in [2.45, 2.75) is 72.6 Å². The summed E-state index contributed by atoms with van der Waals surface area (Å²) in [6.45, 7) is 13.3. The van der Waals surface area contributed by atoms with Crippen LogP contribution in [0.3, 0.4) is 0 Å². The number of nitrogens with one attached hydrogen (secondary N) is 1. The molecule has 1 N–H and O–H groups in total. The zero-order valence-corrected chi connectivity index (χ0v) is 27.5. The van der Waals surface area contributed by atoms with E-state index in [0.717, 1.165) is 11.1 Å². The Labute approximate surface area is 262 Å². The SMILES string of the molecule is CC.CC(C)Cl.CCOc1nc2cnc3c(cc(C(=O)NCc4ccc(C)cc4)c(=O)n3CC(=O)N3CC(C)(F)C3)c2n1C. The van der Waals surface area contributed by atoms with Crippen molar-refractivity contribution in [1.29, 1.82) is 0 Å². The molecule has 10 nitrogen and oxygen atoms in total. The number of aromatic nitrogens is 4. The molecule has 1 fully saturated rings. The van der Waals surface area contributed by atoms with Crippen LogP contribution in [0.5, 0.6) is 6.01 Å². The summed E-state index contributed by atoms with van der Waals surface area (Å²) in [5.41, 5.74) is 1.07. The van der Waals surface area contributed by atoms with Crippen molar-refractivity contribution in [3.8, 4) is 6.01 Å². The van der Waals surface area contributed by atoms with Gasteiger partial charge in [-0.05, 0) is 46.2 Å². The number of aryl methyl sites for hydroxylation is 2. The molecule has 0 bridgehead atoms. The monoisotopic (exact) mass is 628 g/mol. The molecule has 0 aliphatic carbocycles. The zero-order valence-electron chi connectivity index (χ0n) is 26.7. The molecule has 1 aliphatic rings. The Hall–Kier alpha value is -3.99. The van der Waals surface area contributed by atoms with E-state index in [1.54, 1.807) is 11.6 Å². The highest BCUT2D eigenvalue weighted by atomic mass is 35.5. The molecule has 3 aromatic heterocycles. The fraction of sp³-hybridized carbons (Fsp3) is 0.469. The maximum absolute atomic E-state index is 14.0. The second-order valence-electron chi connectivity index (χ2n) is 10.9. The second-order valence-corrected chi connectivity index (χ2v) is 11.8. The summed E-state index contributed by atoms with van der Waals surface area (Å²) in [6.07, 6.45) is 1.50. The lowest BCUT2D eigenvalue weighted by molar-refractivity contribution is -0.144. The number of alkyl halides is 2. The van der Waals surface area contributed by atoms with E-state index in [1.807, 2.05) is 65.8 Å². The first-order valence-electron chi connectivity index (χ1n) is 14.8. The maximum atomic E-state index is 14.0. The highest BCUT2D eigenvalue weighted by Crippen LogP contribution is 2.28. The number of halogens is 2. The van der Waals surface area contributed by atoms with E-state index in [0.29, 0.717) is 34.4 Å². The summed E-state index contributed by atoms with van der Waals surface area (Å²) in [7, 11) is 1.76. The van der Waals surface area contributed by atoms with Gasteiger partial charge in [0.15, 0.2) is 0 Å². The first kappa shape index (κ1) is 34.5. The van der Waals surface area contributed by atoms with Crippen molar-refractivity contribution in [1.82, 2.24) is 29.3 Å². The van der Waals surface area contributed by atoms with E-state index in [2.05, 4.69) is 15.3 Å². The Bertz CT molecular complexity index is 1670. The number of pyridine rings is 2. The van der Waals surface area contributed by atoms with E-state index in [-0.39, 0.29) is 37.4 Å². The third-order valence-corrected chi connectivity index (χ3v) is 6.68. The van der Waals surface area contributed by atoms with E-state index < -0.39 is 23.0 Å². The van der Waals surface area contributed by atoms with Crippen LogP contribution in [-0.2, 0) is 24.9 Å². The summed E-state index contributed by atoms with van der Waals surface area (Å²) in [4.78, 5) is 50.0. The van der Waals surface area contributed by atoms with Crippen LogP contribution in [0.2, 0.25) is 0 Å². The summed E-state index contributed by atoms with van der Waals surface area (Å²) in [6, 6.07) is 9.52. The molecule has 0 saturated carbocycles. The Kier molecular flexibility index (Phi) is 11.5. The molecule has 238 valence electrons. The number of carbonyl (C=O) groups excluding carboxylic acids is 2. The lowest BCUT2D eigenvalue weighted by Crippen LogP contribution is -2.60. The van der Waals surface area contributed by atoms with Crippen LogP contribution in [0.1, 0.15) is 63.0 Å². The van der Waals surface area contributed by atoms with Gasteiger partial charge < -0.3 is 15.0 Å². The fourth-order valence-electron chi connectivity index (χ4n) is 4.71. The first-order valence-corrected chi connectivity index (χ1v) is 15.2. The molecule has 0 spiro atoms. The van der Waals surface area contributed by atoms with Crippen molar-refractivity contribution in [2.24, 2.45) is 7.05 Å². The van der Waals surface area contributed by atoms with Crippen LogP contribution in [0, 0.1) is 6.92 Å². The molecular weight excluding hydrogens is 587 g/mol. The van der Waals surface area contributed by atoms with Crippen LogP contribution in [-0.4, -0.2) is 66.6 Å². The molecular formula is C32H42ClFN6O4. The first-order chi connectivity index (χ1) is 20.8. The highest BCUT2D eigenvalue weighted by Gasteiger charge is 2.41. The molecule has 0 radical (unpaired) electrons. The van der Waals surface area contributed by atoms with E-state index >= 15 is 0 Å². The zero-order chi connectivity index (χ0) is 32.8. The lowest BCUT2D eigenvalue weighted by Gasteiger charge is -2.42. The number of fused-ring (bicyclic) bond motifs is 3. The van der Waals surface area contributed by atoms with E-state index in [9.17, 15) is 18.8 Å². The predicted molar refractivity (Wildman–Crippen MR) is 172 cm³/mol. The number of likely N-dealkylation sites (tertiary alicyclic amines) is 1. The lowest BCUT2D eigenvalue weighted by atomic mass is 9.99. The normalized spacial score (nSPS) is 13.5. The number of rotatable bonds is 7. The van der Waals surface area contributed by atoms with E-state index in [4.69, 9.17) is 16.3 Å². The van der Waals surface area contributed by atoms with Gasteiger partial charge in [0.1, 0.15) is 28.9 Å². The molecule has 1 aromatic carbocycles. The van der Waals surface area contributed by atoms with Gasteiger partial charge in [-0.1, -0.05) is 43.7 Å². The number of carbonyl (C=O) groups is 2. The van der Waals surface area contributed by atoms with Gasteiger partial charge >= 0.3 is 0 Å². The Morgan fingerprint density at radius 1 is 1.18 bits per heavy atom. The predicted octanol–water partition coefficient (Wildman–Crippen LogP) is 5.15. The van der Waals surface area contributed by atoms with Gasteiger partial charge in [-0.3, -0.25) is 23.5 Å². The smallest absolute Gasteiger partial charge is 0.297 e. The van der Waals surface area contributed by atoms with Crippen LogP contribution >= 0.6 is 11.6 Å². The van der Waals surface area contributed by atoms with Crippen LogP contribution in [0.4, 0.5) is 4.39 Å². The third-order valence-electron chi connectivity index (χ3n) is 6.68. The highest BCUT2D eigenvalue weighted by molar-refractivity contribution is 6.20. The number of benzene rings is 1. The molecule has 2 amide bonds. The van der Waals surface area contributed by atoms with Gasteiger partial charge in [-0.25, -0.2) is 9.37 Å². The summed E-state index contributed by atoms with van der Waals surface area (Å²) < 4.78 is 22.6. The van der Waals surface area contributed by atoms with Gasteiger partial charge in [-0.2, -0.15) is 4.98 Å². The van der Waals surface area contributed by atoms with Crippen molar-refractivity contribution in [2.75, 3.05) is 19.7 Å². The fourth-order valence-corrected chi connectivity index (χ4v) is 4.71. The minimum absolute atomic E-state index is 0.0492. The van der Waals surface area contributed by atoms with Gasteiger partial charge in [0.25, 0.3) is 17.5 Å². The summed E-state index contributed by atoms with van der Waals surface area (Å²) in [5, 5.41) is 3.57. The van der Waals surface area contributed by atoms with Gasteiger partial charge in [0.05, 0.1) is 31.4 Å². The number of ether oxygens (including phenoxy) is 1. The molecule has 5 rings (SSSR count). The Morgan fingerprint density at radius 3 is 2.36 bits per heavy atom. The molecule has 4 aromatic rings. The average Bonchev–Trinajstić information content (AvgIpc) is 3.28.